The fraction of sp³-hybridized carbons (Fsp3) is 0.588. The van der Waals surface area contributed by atoms with E-state index in [0.29, 0.717) is 6.42 Å². The summed E-state index contributed by atoms with van der Waals surface area (Å²) in [5.74, 6) is 0.128. The van der Waals surface area contributed by atoms with E-state index in [1.165, 1.54) is 31.2 Å². The van der Waals surface area contributed by atoms with Gasteiger partial charge in [0.15, 0.2) is 0 Å². The number of aryl methyl sites for hydroxylation is 2. The molecule has 0 aromatic heterocycles. The van der Waals surface area contributed by atoms with E-state index in [2.05, 4.69) is 22.3 Å². The minimum absolute atomic E-state index is 0.128. The molecule has 1 saturated heterocycles. The molecule has 1 aliphatic rings. The van der Waals surface area contributed by atoms with Crippen LogP contribution in [0.2, 0.25) is 0 Å². The highest BCUT2D eigenvalue weighted by atomic mass is 16.1. The fourth-order valence-corrected chi connectivity index (χ4v) is 2.70. The van der Waals surface area contributed by atoms with E-state index in [4.69, 9.17) is 0 Å². The van der Waals surface area contributed by atoms with Gasteiger partial charge in [-0.3, -0.25) is 4.79 Å². The second kappa shape index (κ2) is 7.44. The van der Waals surface area contributed by atoms with Crippen LogP contribution in [-0.4, -0.2) is 30.4 Å². The lowest BCUT2D eigenvalue weighted by Crippen LogP contribution is -2.28. The summed E-state index contributed by atoms with van der Waals surface area (Å²) in [6, 6.07) is 6.17. The molecule has 1 N–H and O–H groups in total. The van der Waals surface area contributed by atoms with Gasteiger partial charge in [0.05, 0.1) is 0 Å². The van der Waals surface area contributed by atoms with Gasteiger partial charge in [-0.1, -0.05) is 25.0 Å². The van der Waals surface area contributed by atoms with E-state index in [1.807, 2.05) is 19.9 Å². The number of rotatable bonds is 4. The summed E-state index contributed by atoms with van der Waals surface area (Å²) in [4.78, 5) is 14.5. The second-order valence-electron chi connectivity index (χ2n) is 5.87. The number of nitrogens with zero attached hydrogens (tertiary/aromatic N) is 1. The van der Waals surface area contributed by atoms with Gasteiger partial charge in [0.25, 0.3) is 0 Å². The first kappa shape index (κ1) is 15.0. The van der Waals surface area contributed by atoms with Crippen molar-refractivity contribution < 1.29 is 4.79 Å². The van der Waals surface area contributed by atoms with Crippen molar-refractivity contribution in [3.8, 4) is 0 Å². The number of likely N-dealkylation sites (tertiary alicyclic amines) is 1. The normalized spacial score (nSPS) is 16.7. The Kier molecular flexibility index (Phi) is 5.60. The molecule has 1 aromatic carbocycles. The average molecular weight is 274 g/mol. The molecule has 0 spiro atoms. The monoisotopic (exact) mass is 274 g/mol. The molecule has 0 aliphatic carbocycles. The highest BCUT2D eigenvalue weighted by molar-refractivity contribution is 5.91. The lowest BCUT2D eigenvalue weighted by molar-refractivity contribution is -0.116. The van der Waals surface area contributed by atoms with Crippen molar-refractivity contribution >= 4 is 11.6 Å². The molecule has 1 fully saturated rings. The van der Waals surface area contributed by atoms with E-state index >= 15 is 0 Å². The van der Waals surface area contributed by atoms with Crippen LogP contribution in [0.4, 0.5) is 5.69 Å². The molecule has 1 amide bonds. The third-order valence-electron chi connectivity index (χ3n) is 4.02. The minimum atomic E-state index is 0.128. The first-order valence-corrected chi connectivity index (χ1v) is 7.74. The molecule has 0 atom stereocenters. The first-order valence-electron chi connectivity index (χ1n) is 7.74. The number of anilines is 1. The Hall–Kier alpha value is -1.35. The van der Waals surface area contributed by atoms with Gasteiger partial charge in [-0.15, -0.1) is 0 Å². The minimum Gasteiger partial charge on any atom is -0.326 e. The average Bonchev–Trinajstić information content (AvgIpc) is 2.69. The number of benzene rings is 1. The predicted molar refractivity (Wildman–Crippen MR) is 84.1 cm³/mol. The molecule has 3 heteroatoms. The lowest BCUT2D eigenvalue weighted by atomic mass is 10.1. The van der Waals surface area contributed by atoms with Crippen LogP contribution in [-0.2, 0) is 4.79 Å². The second-order valence-corrected chi connectivity index (χ2v) is 5.87. The summed E-state index contributed by atoms with van der Waals surface area (Å²) >= 11 is 0. The Balaban J connectivity index is 1.81. The van der Waals surface area contributed by atoms with Crippen LogP contribution in [0.1, 0.15) is 43.2 Å². The zero-order valence-electron chi connectivity index (χ0n) is 12.7. The van der Waals surface area contributed by atoms with Crippen molar-refractivity contribution in [2.45, 2.75) is 46.0 Å². The quantitative estimate of drug-likeness (QED) is 0.911. The van der Waals surface area contributed by atoms with Crippen LogP contribution in [0.15, 0.2) is 18.2 Å². The van der Waals surface area contributed by atoms with Gasteiger partial charge in [-0.2, -0.15) is 0 Å². The molecule has 3 nitrogen and oxygen atoms in total. The maximum absolute atomic E-state index is 12.1. The number of hydrogen-bond acceptors (Lipinski definition) is 2. The van der Waals surface area contributed by atoms with E-state index < -0.39 is 0 Å². The third-order valence-corrected chi connectivity index (χ3v) is 4.02. The van der Waals surface area contributed by atoms with Crippen molar-refractivity contribution in [3.63, 3.8) is 0 Å². The summed E-state index contributed by atoms with van der Waals surface area (Å²) in [5.41, 5.74) is 3.25. The molecule has 20 heavy (non-hydrogen) atoms. The molecule has 1 aromatic rings. The predicted octanol–water partition coefficient (Wildman–Crippen LogP) is 3.51. The smallest absolute Gasteiger partial charge is 0.225 e. The van der Waals surface area contributed by atoms with Crippen molar-refractivity contribution in [1.29, 1.82) is 0 Å². The molecule has 1 aliphatic heterocycles. The van der Waals surface area contributed by atoms with Crippen LogP contribution in [0.3, 0.4) is 0 Å². The number of amides is 1. The molecule has 110 valence electrons. The molecule has 2 rings (SSSR count). The van der Waals surface area contributed by atoms with Gasteiger partial charge < -0.3 is 10.2 Å². The zero-order chi connectivity index (χ0) is 14.4. The van der Waals surface area contributed by atoms with Crippen molar-refractivity contribution in [3.05, 3.63) is 29.3 Å². The Labute approximate surface area is 122 Å². The van der Waals surface area contributed by atoms with E-state index in [1.54, 1.807) is 0 Å². The van der Waals surface area contributed by atoms with E-state index in [-0.39, 0.29) is 5.91 Å². The Morgan fingerprint density at radius 1 is 1.15 bits per heavy atom. The third kappa shape index (κ3) is 4.64. The van der Waals surface area contributed by atoms with Gasteiger partial charge in [-0.25, -0.2) is 0 Å². The summed E-state index contributed by atoms with van der Waals surface area (Å²) in [7, 11) is 0. The van der Waals surface area contributed by atoms with Gasteiger partial charge in [0.2, 0.25) is 5.91 Å². The van der Waals surface area contributed by atoms with Gasteiger partial charge in [-0.05, 0) is 57.0 Å². The van der Waals surface area contributed by atoms with Gasteiger partial charge in [0, 0.05) is 18.7 Å². The molecular weight excluding hydrogens is 248 g/mol. The summed E-state index contributed by atoms with van der Waals surface area (Å²) in [5, 5.41) is 3.04. The highest BCUT2D eigenvalue weighted by Gasteiger charge is 2.11. The number of nitrogens with one attached hydrogen (secondary N) is 1. The van der Waals surface area contributed by atoms with Crippen molar-refractivity contribution in [2.75, 3.05) is 25.0 Å². The SMILES string of the molecule is Cc1ccc(C)c(NC(=O)CCN2CCCCCC2)c1. The molecule has 1 heterocycles. The van der Waals surface area contributed by atoms with Gasteiger partial charge >= 0.3 is 0 Å². The molecular formula is C17H26N2O. The van der Waals surface area contributed by atoms with Crippen molar-refractivity contribution in [2.24, 2.45) is 0 Å². The summed E-state index contributed by atoms with van der Waals surface area (Å²) < 4.78 is 0. The largest absolute Gasteiger partial charge is 0.326 e. The number of carbonyl (C=O) groups excluding carboxylic acids is 1. The van der Waals surface area contributed by atoms with Crippen LogP contribution < -0.4 is 5.32 Å². The van der Waals surface area contributed by atoms with Crippen LogP contribution in [0.25, 0.3) is 0 Å². The number of carbonyl (C=O) groups is 1. The van der Waals surface area contributed by atoms with Crippen molar-refractivity contribution in [1.82, 2.24) is 4.90 Å². The Morgan fingerprint density at radius 3 is 2.55 bits per heavy atom. The standard InChI is InChI=1S/C17H26N2O/c1-14-7-8-15(2)16(13-14)18-17(20)9-12-19-10-5-3-4-6-11-19/h7-8,13H,3-6,9-12H2,1-2H3,(H,18,20). The zero-order valence-corrected chi connectivity index (χ0v) is 12.7. The summed E-state index contributed by atoms with van der Waals surface area (Å²) in [6.07, 6.45) is 5.82. The number of hydrogen-bond donors (Lipinski definition) is 1. The maximum atomic E-state index is 12.1. The summed E-state index contributed by atoms with van der Waals surface area (Å²) in [6.45, 7) is 7.26. The lowest BCUT2D eigenvalue weighted by Gasteiger charge is -2.19. The Morgan fingerprint density at radius 2 is 1.85 bits per heavy atom. The Bertz CT molecular complexity index is 448. The molecule has 0 unspecified atom stereocenters. The van der Waals surface area contributed by atoms with E-state index in [9.17, 15) is 4.79 Å². The fourth-order valence-electron chi connectivity index (χ4n) is 2.70. The van der Waals surface area contributed by atoms with Crippen LogP contribution in [0, 0.1) is 13.8 Å². The van der Waals surface area contributed by atoms with Gasteiger partial charge in [0.1, 0.15) is 0 Å². The van der Waals surface area contributed by atoms with Crippen LogP contribution >= 0.6 is 0 Å². The highest BCUT2D eigenvalue weighted by Crippen LogP contribution is 2.16. The van der Waals surface area contributed by atoms with E-state index in [0.717, 1.165) is 30.9 Å². The molecule has 0 bridgehead atoms. The van der Waals surface area contributed by atoms with Crippen LogP contribution in [0.5, 0.6) is 0 Å². The molecule has 0 saturated carbocycles. The topological polar surface area (TPSA) is 32.3 Å². The first-order chi connectivity index (χ1) is 9.65. The maximum Gasteiger partial charge on any atom is 0.225 e. The molecule has 0 radical (unpaired) electrons.